The van der Waals surface area contributed by atoms with Gasteiger partial charge in [0.15, 0.2) is 0 Å². The van der Waals surface area contributed by atoms with Crippen LogP contribution in [0.25, 0.3) is 10.9 Å². The van der Waals surface area contributed by atoms with Crippen molar-refractivity contribution in [3.05, 3.63) is 34.7 Å². The minimum Gasteiger partial charge on any atom is -0.398 e. The third-order valence-electron chi connectivity index (χ3n) is 2.91. The van der Waals surface area contributed by atoms with Crippen LogP contribution < -0.4 is 5.73 Å². The van der Waals surface area contributed by atoms with E-state index in [1.54, 1.807) is 0 Å². The maximum atomic E-state index is 13.6. The van der Waals surface area contributed by atoms with Gasteiger partial charge in [-0.3, -0.25) is 0 Å². The van der Waals surface area contributed by atoms with E-state index in [-0.39, 0.29) is 11.3 Å². The summed E-state index contributed by atoms with van der Waals surface area (Å²) in [6.45, 7) is 0. The molecule has 2 nitrogen and oxygen atoms in total. The van der Waals surface area contributed by atoms with Crippen molar-refractivity contribution in [1.82, 2.24) is 4.98 Å². The number of rotatable bonds is 1. The smallest absolute Gasteiger partial charge is 0.149 e. The predicted octanol–water partition coefficient (Wildman–Crippen LogP) is 3.49. The highest BCUT2D eigenvalue weighted by Crippen LogP contribution is 2.41. The summed E-state index contributed by atoms with van der Waals surface area (Å²) in [5.74, 6) is 0.0821. The summed E-state index contributed by atoms with van der Waals surface area (Å²) in [6, 6.07) is 4.65. The van der Waals surface area contributed by atoms with Gasteiger partial charge in [0.1, 0.15) is 11.3 Å². The lowest BCUT2D eigenvalue weighted by Gasteiger charge is -2.07. The zero-order chi connectivity index (χ0) is 11.3. The number of nitrogens with zero attached hydrogens (tertiary/aromatic N) is 1. The van der Waals surface area contributed by atoms with Gasteiger partial charge in [0, 0.05) is 22.7 Å². The normalized spacial score (nSPS) is 15.6. The second-order valence-corrected chi connectivity index (χ2v) is 4.57. The van der Waals surface area contributed by atoms with Crippen molar-refractivity contribution >= 4 is 28.2 Å². The molecule has 1 aromatic carbocycles. The molecule has 4 heteroatoms. The fraction of sp³-hybridized carbons (Fsp3) is 0.250. The van der Waals surface area contributed by atoms with Gasteiger partial charge in [-0.15, -0.1) is 0 Å². The molecule has 3 rings (SSSR count). The van der Waals surface area contributed by atoms with E-state index in [9.17, 15) is 4.39 Å². The van der Waals surface area contributed by atoms with E-state index in [0.29, 0.717) is 22.0 Å². The highest BCUT2D eigenvalue weighted by Gasteiger charge is 2.26. The van der Waals surface area contributed by atoms with Crippen LogP contribution in [0.1, 0.15) is 24.5 Å². The van der Waals surface area contributed by atoms with Crippen LogP contribution in [0.5, 0.6) is 0 Å². The van der Waals surface area contributed by atoms with Crippen LogP contribution in [0.15, 0.2) is 18.2 Å². The number of hydrogen-bond donors (Lipinski definition) is 1. The highest BCUT2D eigenvalue weighted by molar-refractivity contribution is 6.36. The molecule has 1 aromatic heterocycles. The molecule has 0 radical (unpaired) electrons. The van der Waals surface area contributed by atoms with Crippen molar-refractivity contribution in [3.8, 4) is 0 Å². The maximum Gasteiger partial charge on any atom is 0.149 e. The van der Waals surface area contributed by atoms with Gasteiger partial charge in [-0.1, -0.05) is 11.6 Å². The average molecular weight is 237 g/mol. The second kappa shape index (κ2) is 3.32. The standard InChI is InChI=1S/C12H10ClFN2/c13-7-3-4-8(14)12-11(7)9(15)5-10(16-12)6-1-2-6/h3-6H,1-2H2,(H2,15,16). The number of aromatic nitrogens is 1. The number of benzene rings is 1. The first-order valence-corrected chi connectivity index (χ1v) is 5.59. The molecule has 0 atom stereocenters. The molecule has 0 spiro atoms. The molecule has 1 aliphatic carbocycles. The van der Waals surface area contributed by atoms with E-state index in [4.69, 9.17) is 17.3 Å². The van der Waals surface area contributed by atoms with E-state index >= 15 is 0 Å². The number of nitrogen functional groups attached to an aromatic ring is 1. The van der Waals surface area contributed by atoms with Gasteiger partial charge in [0.25, 0.3) is 0 Å². The lowest BCUT2D eigenvalue weighted by molar-refractivity contribution is 0.636. The Morgan fingerprint density at radius 1 is 1.38 bits per heavy atom. The highest BCUT2D eigenvalue weighted by atomic mass is 35.5. The first-order valence-electron chi connectivity index (χ1n) is 5.21. The van der Waals surface area contributed by atoms with Crippen LogP contribution >= 0.6 is 11.6 Å². The molecule has 1 heterocycles. The quantitative estimate of drug-likeness (QED) is 0.823. The molecular formula is C12H10ClFN2. The van der Waals surface area contributed by atoms with Gasteiger partial charge in [0.05, 0.1) is 5.02 Å². The Bertz CT molecular complexity index is 579. The van der Waals surface area contributed by atoms with Crippen LogP contribution in [0.4, 0.5) is 10.1 Å². The fourth-order valence-corrected chi connectivity index (χ4v) is 2.17. The Kier molecular flexibility index (Phi) is 2.04. The molecule has 2 N–H and O–H groups in total. The van der Waals surface area contributed by atoms with Crippen molar-refractivity contribution in [3.63, 3.8) is 0 Å². The number of halogens is 2. The summed E-state index contributed by atoms with van der Waals surface area (Å²) in [5, 5.41) is 0.967. The lowest BCUT2D eigenvalue weighted by Crippen LogP contribution is -1.97. The number of hydrogen-bond acceptors (Lipinski definition) is 2. The van der Waals surface area contributed by atoms with Crippen LogP contribution in [0.3, 0.4) is 0 Å². The van der Waals surface area contributed by atoms with Crippen molar-refractivity contribution < 1.29 is 4.39 Å². The largest absolute Gasteiger partial charge is 0.398 e. The van der Waals surface area contributed by atoms with Crippen LogP contribution in [0.2, 0.25) is 5.02 Å². The third kappa shape index (κ3) is 1.43. The molecule has 1 aliphatic rings. The van der Waals surface area contributed by atoms with E-state index in [2.05, 4.69) is 4.98 Å². The Morgan fingerprint density at radius 2 is 2.12 bits per heavy atom. The lowest BCUT2D eigenvalue weighted by atomic mass is 10.1. The monoisotopic (exact) mass is 236 g/mol. The predicted molar refractivity (Wildman–Crippen MR) is 63.1 cm³/mol. The molecule has 1 fully saturated rings. The fourth-order valence-electron chi connectivity index (χ4n) is 1.91. The van der Waals surface area contributed by atoms with Crippen molar-refractivity contribution in [2.75, 3.05) is 5.73 Å². The number of nitrogens with two attached hydrogens (primary N) is 1. The summed E-state index contributed by atoms with van der Waals surface area (Å²) < 4.78 is 13.6. The average Bonchev–Trinajstić information content (AvgIpc) is 3.06. The maximum absolute atomic E-state index is 13.6. The molecule has 0 unspecified atom stereocenters. The minimum absolute atomic E-state index is 0.286. The summed E-state index contributed by atoms with van der Waals surface area (Å²) in [5.41, 5.74) is 7.58. The van der Waals surface area contributed by atoms with Crippen LogP contribution in [-0.4, -0.2) is 4.98 Å². The first-order chi connectivity index (χ1) is 7.66. The van der Waals surface area contributed by atoms with Gasteiger partial charge >= 0.3 is 0 Å². The Labute approximate surface area is 97.2 Å². The zero-order valence-electron chi connectivity index (χ0n) is 8.50. The third-order valence-corrected chi connectivity index (χ3v) is 3.22. The van der Waals surface area contributed by atoms with Crippen LogP contribution in [-0.2, 0) is 0 Å². The summed E-state index contributed by atoms with van der Waals surface area (Å²) in [6.07, 6.45) is 2.22. The van der Waals surface area contributed by atoms with E-state index in [0.717, 1.165) is 18.5 Å². The summed E-state index contributed by atoms with van der Waals surface area (Å²) in [7, 11) is 0. The van der Waals surface area contributed by atoms with Crippen molar-refractivity contribution in [2.24, 2.45) is 0 Å². The van der Waals surface area contributed by atoms with Gasteiger partial charge < -0.3 is 5.73 Å². The summed E-state index contributed by atoms with van der Waals surface area (Å²) >= 11 is 6.00. The molecule has 0 saturated heterocycles. The molecule has 2 aromatic rings. The Hall–Kier alpha value is -1.35. The number of pyridine rings is 1. The minimum atomic E-state index is -0.367. The summed E-state index contributed by atoms with van der Waals surface area (Å²) in [4.78, 5) is 4.32. The molecule has 0 aliphatic heterocycles. The van der Waals surface area contributed by atoms with E-state index in [1.807, 2.05) is 6.07 Å². The van der Waals surface area contributed by atoms with Gasteiger partial charge in [0.2, 0.25) is 0 Å². The number of anilines is 1. The molecule has 0 bridgehead atoms. The molecule has 16 heavy (non-hydrogen) atoms. The van der Waals surface area contributed by atoms with Gasteiger partial charge in [-0.2, -0.15) is 0 Å². The SMILES string of the molecule is Nc1cc(C2CC2)nc2c(F)ccc(Cl)c12. The second-order valence-electron chi connectivity index (χ2n) is 4.16. The van der Waals surface area contributed by atoms with Gasteiger partial charge in [-0.05, 0) is 31.0 Å². The molecule has 1 saturated carbocycles. The van der Waals surface area contributed by atoms with Crippen molar-refractivity contribution in [2.45, 2.75) is 18.8 Å². The van der Waals surface area contributed by atoms with Crippen LogP contribution in [0, 0.1) is 5.82 Å². The van der Waals surface area contributed by atoms with Gasteiger partial charge in [-0.25, -0.2) is 9.37 Å². The van der Waals surface area contributed by atoms with E-state index in [1.165, 1.54) is 12.1 Å². The topological polar surface area (TPSA) is 38.9 Å². The zero-order valence-corrected chi connectivity index (χ0v) is 9.26. The molecular weight excluding hydrogens is 227 g/mol. The van der Waals surface area contributed by atoms with Crippen molar-refractivity contribution in [1.29, 1.82) is 0 Å². The molecule has 0 amide bonds. The molecule has 82 valence electrons. The number of fused-ring (bicyclic) bond motifs is 1. The first kappa shape index (κ1) is 9.85. The van der Waals surface area contributed by atoms with E-state index < -0.39 is 0 Å². The Balaban J connectivity index is 2.36. The Morgan fingerprint density at radius 3 is 2.81 bits per heavy atom.